The third kappa shape index (κ3) is 3.31. The molecule has 2 fully saturated rings. The lowest BCUT2D eigenvalue weighted by molar-refractivity contribution is -0.142. The maximum absolute atomic E-state index is 12.7. The van der Waals surface area contributed by atoms with Crippen LogP contribution in [0.3, 0.4) is 0 Å². The van der Waals surface area contributed by atoms with Gasteiger partial charge in [0.2, 0.25) is 11.8 Å². The molecule has 0 radical (unpaired) electrons. The summed E-state index contributed by atoms with van der Waals surface area (Å²) in [5, 5.41) is 2.93. The lowest BCUT2D eigenvalue weighted by Gasteiger charge is -2.49. The fourth-order valence-corrected chi connectivity index (χ4v) is 4.23. The van der Waals surface area contributed by atoms with E-state index < -0.39 is 0 Å². The van der Waals surface area contributed by atoms with Gasteiger partial charge < -0.3 is 15.1 Å². The minimum absolute atomic E-state index is 0.0514. The number of amides is 2. The number of hydrogen-bond donors (Lipinski definition) is 1. The van der Waals surface area contributed by atoms with Gasteiger partial charge in [0, 0.05) is 26.7 Å². The summed E-state index contributed by atoms with van der Waals surface area (Å²) in [5.41, 5.74) is 1.25. The Morgan fingerprint density at radius 1 is 1.25 bits per heavy atom. The molecule has 2 saturated heterocycles. The van der Waals surface area contributed by atoms with Crippen LogP contribution in [0.4, 0.5) is 0 Å². The van der Waals surface area contributed by atoms with Crippen molar-refractivity contribution in [3.8, 4) is 0 Å². The number of carbonyl (C=O) groups excluding carboxylic acids is 2. The summed E-state index contributed by atoms with van der Waals surface area (Å²) in [6.45, 7) is 2.80. The van der Waals surface area contributed by atoms with E-state index in [1.807, 2.05) is 35.0 Å². The Hall–Kier alpha value is -1.88. The molecule has 2 heterocycles. The third-order valence-electron chi connectivity index (χ3n) is 5.59. The molecule has 2 aliphatic rings. The molecular weight excluding hydrogens is 302 g/mol. The lowest BCUT2D eigenvalue weighted by Crippen LogP contribution is -2.54. The molecule has 24 heavy (non-hydrogen) atoms. The largest absolute Gasteiger partial charge is 0.345 e. The van der Waals surface area contributed by atoms with Gasteiger partial charge in [-0.25, -0.2) is 0 Å². The predicted molar refractivity (Wildman–Crippen MR) is 93.6 cm³/mol. The molecule has 1 spiro atoms. The van der Waals surface area contributed by atoms with E-state index in [0.717, 1.165) is 44.5 Å². The Balaban J connectivity index is 1.73. The van der Waals surface area contributed by atoms with Crippen molar-refractivity contribution in [1.29, 1.82) is 0 Å². The Kier molecular flexibility index (Phi) is 4.90. The van der Waals surface area contributed by atoms with Gasteiger partial charge in [-0.1, -0.05) is 30.3 Å². The standard InChI is InChI=1S/C19H27N3O2/c1-20-13-17(23)22-10-8-19(9-11-22)12-16(18(24)21(2)14-19)15-6-4-3-5-7-15/h3-7,16,20H,8-14H2,1-2H3/t16-/m1/s1. The number of nitrogens with zero attached hydrogens (tertiary/aromatic N) is 2. The second-order valence-corrected chi connectivity index (χ2v) is 7.27. The van der Waals surface area contributed by atoms with E-state index in [9.17, 15) is 9.59 Å². The van der Waals surface area contributed by atoms with E-state index in [-0.39, 0.29) is 23.1 Å². The summed E-state index contributed by atoms with van der Waals surface area (Å²) < 4.78 is 0. The molecule has 3 rings (SSSR count). The highest BCUT2D eigenvalue weighted by Crippen LogP contribution is 2.45. The fourth-order valence-electron chi connectivity index (χ4n) is 4.23. The van der Waals surface area contributed by atoms with Crippen LogP contribution < -0.4 is 5.32 Å². The van der Waals surface area contributed by atoms with Crippen LogP contribution in [-0.4, -0.2) is 61.9 Å². The smallest absolute Gasteiger partial charge is 0.236 e. The maximum atomic E-state index is 12.7. The van der Waals surface area contributed by atoms with Crippen LogP contribution in [0.2, 0.25) is 0 Å². The zero-order valence-corrected chi connectivity index (χ0v) is 14.6. The molecule has 130 valence electrons. The average Bonchev–Trinajstić information content (AvgIpc) is 2.60. The van der Waals surface area contributed by atoms with E-state index in [0.29, 0.717) is 6.54 Å². The average molecular weight is 329 g/mol. The van der Waals surface area contributed by atoms with Gasteiger partial charge >= 0.3 is 0 Å². The van der Waals surface area contributed by atoms with Gasteiger partial charge in [-0.2, -0.15) is 0 Å². The normalized spacial score (nSPS) is 23.6. The molecule has 1 aromatic rings. The fraction of sp³-hybridized carbons (Fsp3) is 0.579. The van der Waals surface area contributed by atoms with Gasteiger partial charge in [-0.3, -0.25) is 9.59 Å². The number of nitrogens with one attached hydrogen (secondary N) is 1. The van der Waals surface area contributed by atoms with Crippen LogP contribution in [0.5, 0.6) is 0 Å². The highest BCUT2D eigenvalue weighted by Gasteiger charge is 2.45. The first-order valence-corrected chi connectivity index (χ1v) is 8.77. The number of hydrogen-bond acceptors (Lipinski definition) is 3. The molecule has 5 heteroatoms. The van der Waals surface area contributed by atoms with Gasteiger partial charge in [0.05, 0.1) is 12.5 Å². The molecule has 2 amide bonds. The quantitative estimate of drug-likeness (QED) is 0.913. The van der Waals surface area contributed by atoms with Crippen molar-refractivity contribution in [3.05, 3.63) is 35.9 Å². The molecular formula is C19H27N3O2. The van der Waals surface area contributed by atoms with Crippen molar-refractivity contribution in [1.82, 2.24) is 15.1 Å². The number of carbonyl (C=O) groups is 2. The molecule has 1 atom stereocenters. The molecule has 0 aromatic heterocycles. The first-order valence-electron chi connectivity index (χ1n) is 8.77. The molecule has 0 saturated carbocycles. The predicted octanol–water partition coefficient (Wildman–Crippen LogP) is 1.46. The number of rotatable bonds is 3. The maximum Gasteiger partial charge on any atom is 0.236 e. The van der Waals surface area contributed by atoms with Gasteiger partial charge in [0.25, 0.3) is 0 Å². The summed E-state index contributed by atoms with van der Waals surface area (Å²) in [4.78, 5) is 28.6. The number of likely N-dealkylation sites (N-methyl/N-ethyl adjacent to an activating group) is 2. The Morgan fingerprint density at radius 3 is 2.54 bits per heavy atom. The minimum Gasteiger partial charge on any atom is -0.345 e. The monoisotopic (exact) mass is 329 g/mol. The molecule has 0 bridgehead atoms. The van der Waals surface area contributed by atoms with Crippen LogP contribution in [0.1, 0.15) is 30.7 Å². The summed E-state index contributed by atoms with van der Waals surface area (Å²) in [7, 11) is 3.72. The second kappa shape index (κ2) is 6.93. The minimum atomic E-state index is -0.0514. The van der Waals surface area contributed by atoms with Crippen LogP contribution in [0, 0.1) is 5.41 Å². The number of benzene rings is 1. The van der Waals surface area contributed by atoms with Gasteiger partial charge in [-0.15, -0.1) is 0 Å². The van der Waals surface area contributed by atoms with Crippen molar-refractivity contribution in [2.45, 2.75) is 25.2 Å². The topological polar surface area (TPSA) is 52.7 Å². The number of likely N-dealkylation sites (tertiary alicyclic amines) is 2. The van der Waals surface area contributed by atoms with E-state index in [2.05, 4.69) is 17.4 Å². The van der Waals surface area contributed by atoms with Crippen LogP contribution >= 0.6 is 0 Å². The molecule has 1 aromatic carbocycles. The number of piperidine rings is 2. The zero-order chi connectivity index (χ0) is 17.2. The molecule has 1 N–H and O–H groups in total. The van der Waals surface area contributed by atoms with Crippen molar-refractivity contribution in [2.24, 2.45) is 5.41 Å². The second-order valence-electron chi connectivity index (χ2n) is 7.27. The summed E-state index contributed by atoms with van der Waals surface area (Å²) in [5.74, 6) is 0.345. The summed E-state index contributed by atoms with van der Waals surface area (Å²) in [6, 6.07) is 10.1. The van der Waals surface area contributed by atoms with Crippen LogP contribution in [0.25, 0.3) is 0 Å². The molecule has 0 unspecified atom stereocenters. The summed E-state index contributed by atoms with van der Waals surface area (Å²) in [6.07, 6.45) is 2.85. The van der Waals surface area contributed by atoms with Crippen LogP contribution in [0.15, 0.2) is 30.3 Å². The van der Waals surface area contributed by atoms with E-state index in [4.69, 9.17) is 0 Å². The molecule has 2 aliphatic heterocycles. The van der Waals surface area contributed by atoms with Gasteiger partial charge in [0.15, 0.2) is 0 Å². The first-order chi connectivity index (χ1) is 11.5. The van der Waals surface area contributed by atoms with Crippen molar-refractivity contribution < 1.29 is 9.59 Å². The Morgan fingerprint density at radius 2 is 1.92 bits per heavy atom. The first kappa shape index (κ1) is 17.0. The zero-order valence-electron chi connectivity index (χ0n) is 14.6. The van der Waals surface area contributed by atoms with Crippen LogP contribution in [-0.2, 0) is 9.59 Å². The summed E-state index contributed by atoms with van der Waals surface area (Å²) >= 11 is 0. The lowest BCUT2D eigenvalue weighted by atomic mass is 9.67. The highest BCUT2D eigenvalue weighted by atomic mass is 16.2. The third-order valence-corrected chi connectivity index (χ3v) is 5.59. The molecule has 0 aliphatic carbocycles. The van der Waals surface area contributed by atoms with Crippen molar-refractivity contribution in [2.75, 3.05) is 40.3 Å². The van der Waals surface area contributed by atoms with E-state index in [1.54, 1.807) is 7.05 Å². The van der Waals surface area contributed by atoms with E-state index in [1.165, 1.54) is 0 Å². The highest BCUT2D eigenvalue weighted by molar-refractivity contribution is 5.84. The van der Waals surface area contributed by atoms with Gasteiger partial charge in [-0.05, 0) is 37.3 Å². The Bertz CT molecular complexity index is 594. The van der Waals surface area contributed by atoms with Gasteiger partial charge in [0.1, 0.15) is 0 Å². The van der Waals surface area contributed by atoms with Crippen molar-refractivity contribution >= 4 is 11.8 Å². The SMILES string of the molecule is CNCC(=O)N1CCC2(CC1)C[C@H](c1ccccc1)C(=O)N(C)C2. The van der Waals surface area contributed by atoms with E-state index >= 15 is 0 Å². The Labute approximate surface area is 144 Å². The molecule has 5 nitrogen and oxygen atoms in total. The van der Waals surface area contributed by atoms with Crippen molar-refractivity contribution in [3.63, 3.8) is 0 Å².